The Bertz CT molecular complexity index is 592. The minimum absolute atomic E-state index is 0.172. The molecule has 1 unspecified atom stereocenters. The zero-order chi connectivity index (χ0) is 14.5. The first kappa shape index (κ1) is 14.8. The maximum absolute atomic E-state index is 13.8. The predicted molar refractivity (Wildman–Crippen MR) is 82.5 cm³/mol. The van der Waals surface area contributed by atoms with Crippen molar-refractivity contribution in [1.82, 2.24) is 0 Å². The Morgan fingerprint density at radius 3 is 2.65 bits per heavy atom. The highest BCUT2D eigenvalue weighted by molar-refractivity contribution is 9.10. The average molecular weight is 339 g/mol. The number of ether oxygens (including phenoxy) is 1. The van der Waals surface area contributed by atoms with Crippen molar-refractivity contribution in [2.24, 2.45) is 5.73 Å². The Morgan fingerprint density at radius 1 is 1.30 bits per heavy atom. The van der Waals surface area contributed by atoms with Crippen LogP contribution in [0, 0.1) is 5.82 Å². The predicted octanol–water partition coefficient (Wildman–Crippen LogP) is 3.71. The lowest BCUT2D eigenvalue weighted by Crippen LogP contribution is -2.21. The van der Waals surface area contributed by atoms with Gasteiger partial charge in [0.25, 0.3) is 0 Å². The van der Waals surface area contributed by atoms with Gasteiger partial charge in [0.05, 0.1) is 13.2 Å². The molecule has 0 saturated heterocycles. The standard InChI is InChI=1S/C15H16BrFN2O/c1-20-15-7-6-10(8-12(15)17)14(9-18)19-13-5-3-2-4-11(13)16/h2-8,14,19H,9,18H2,1H3. The van der Waals surface area contributed by atoms with Gasteiger partial charge in [-0.2, -0.15) is 0 Å². The molecule has 0 aliphatic heterocycles. The molecule has 0 heterocycles. The number of nitrogens with one attached hydrogen (secondary N) is 1. The fourth-order valence-corrected chi connectivity index (χ4v) is 2.34. The molecule has 5 heteroatoms. The van der Waals surface area contributed by atoms with E-state index >= 15 is 0 Å². The summed E-state index contributed by atoms with van der Waals surface area (Å²) < 4.78 is 19.6. The van der Waals surface area contributed by atoms with Gasteiger partial charge in [-0.25, -0.2) is 4.39 Å². The molecule has 106 valence electrons. The quantitative estimate of drug-likeness (QED) is 0.873. The van der Waals surface area contributed by atoms with Crippen LogP contribution in [0.4, 0.5) is 10.1 Å². The van der Waals surface area contributed by atoms with E-state index in [4.69, 9.17) is 10.5 Å². The van der Waals surface area contributed by atoms with Crippen molar-refractivity contribution < 1.29 is 9.13 Å². The first-order valence-electron chi connectivity index (χ1n) is 6.20. The molecule has 20 heavy (non-hydrogen) atoms. The van der Waals surface area contributed by atoms with Crippen molar-refractivity contribution in [1.29, 1.82) is 0 Å². The molecular formula is C15H16BrFN2O. The number of rotatable bonds is 5. The summed E-state index contributed by atoms with van der Waals surface area (Å²) in [5.74, 6) is -0.164. The van der Waals surface area contributed by atoms with Crippen LogP contribution < -0.4 is 15.8 Å². The second-order valence-corrected chi connectivity index (χ2v) is 5.16. The van der Waals surface area contributed by atoms with E-state index < -0.39 is 5.82 Å². The minimum atomic E-state index is -0.391. The third-order valence-electron chi connectivity index (χ3n) is 3.02. The fraction of sp³-hybridized carbons (Fsp3) is 0.200. The van der Waals surface area contributed by atoms with Crippen LogP contribution in [0.15, 0.2) is 46.9 Å². The van der Waals surface area contributed by atoms with Crippen LogP contribution in [0.3, 0.4) is 0 Å². The molecule has 0 saturated carbocycles. The zero-order valence-electron chi connectivity index (χ0n) is 11.1. The first-order valence-corrected chi connectivity index (χ1v) is 6.99. The smallest absolute Gasteiger partial charge is 0.165 e. The highest BCUT2D eigenvalue weighted by atomic mass is 79.9. The highest BCUT2D eigenvalue weighted by Crippen LogP contribution is 2.27. The monoisotopic (exact) mass is 338 g/mol. The van der Waals surface area contributed by atoms with Gasteiger partial charge in [-0.1, -0.05) is 18.2 Å². The van der Waals surface area contributed by atoms with Gasteiger partial charge in [0.2, 0.25) is 0 Å². The van der Waals surface area contributed by atoms with Gasteiger partial charge < -0.3 is 15.8 Å². The maximum Gasteiger partial charge on any atom is 0.165 e. The van der Waals surface area contributed by atoms with Crippen molar-refractivity contribution in [2.45, 2.75) is 6.04 Å². The summed E-state index contributed by atoms with van der Waals surface area (Å²) in [5.41, 5.74) is 7.49. The van der Waals surface area contributed by atoms with Crippen LogP contribution in [-0.4, -0.2) is 13.7 Å². The van der Waals surface area contributed by atoms with Crippen LogP contribution in [-0.2, 0) is 0 Å². The van der Waals surface area contributed by atoms with Gasteiger partial charge in [0, 0.05) is 16.7 Å². The normalized spacial score (nSPS) is 12.0. The Kier molecular flexibility index (Phi) is 4.98. The third kappa shape index (κ3) is 3.29. The van der Waals surface area contributed by atoms with Gasteiger partial charge in [0.1, 0.15) is 0 Å². The van der Waals surface area contributed by atoms with Gasteiger partial charge >= 0.3 is 0 Å². The molecule has 2 rings (SSSR count). The molecule has 0 aliphatic rings. The molecule has 0 aromatic heterocycles. The molecule has 0 fully saturated rings. The van der Waals surface area contributed by atoms with Crippen LogP contribution in [0.2, 0.25) is 0 Å². The molecule has 3 N–H and O–H groups in total. The van der Waals surface area contributed by atoms with Crippen molar-refractivity contribution in [2.75, 3.05) is 19.0 Å². The van der Waals surface area contributed by atoms with Crippen LogP contribution in [0.1, 0.15) is 11.6 Å². The average Bonchev–Trinajstić information content (AvgIpc) is 2.46. The highest BCUT2D eigenvalue weighted by Gasteiger charge is 2.13. The Hall–Kier alpha value is -1.59. The Balaban J connectivity index is 2.24. The summed E-state index contributed by atoms with van der Waals surface area (Å²) >= 11 is 3.47. The summed E-state index contributed by atoms with van der Waals surface area (Å²) in [4.78, 5) is 0. The van der Waals surface area contributed by atoms with Crippen LogP contribution in [0.5, 0.6) is 5.75 Å². The molecule has 0 spiro atoms. The van der Waals surface area contributed by atoms with E-state index in [1.54, 1.807) is 6.07 Å². The van der Waals surface area contributed by atoms with Crippen molar-refractivity contribution in [3.8, 4) is 5.75 Å². The molecule has 0 radical (unpaired) electrons. The van der Waals surface area contributed by atoms with Crippen molar-refractivity contribution in [3.63, 3.8) is 0 Å². The number of methoxy groups -OCH3 is 1. The summed E-state index contributed by atoms with van der Waals surface area (Å²) in [5, 5.41) is 3.30. The molecule has 1 atom stereocenters. The van der Waals surface area contributed by atoms with Gasteiger partial charge in [-0.05, 0) is 45.8 Å². The number of para-hydroxylation sites is 1. The van der Waals surface area contributed by atoms with Gasteiger partial charge in [-0.3, -0.25) is 0 Å². The van der Waals surface area contributed by atoms with Gasteiger partial charge in [-0.15, -0.1) is 0 Å². The molecule has 0 amide bonds. The lowest BCUT2D eigenvalue weighted by atomic mass is 10.1. The maximum atomic E-state index is 13.8. The van der Waals surface area contributed by atoms with Gasteiger partial charge in [0.15, 0.2) is 11.6 Å². The number of benzene rings is 2. The zero-order valence-corrected chi connectivity index (χ0v) is 12.7. The van der Waals surface area contributed by atoms with Crippen molar-refractivity contribution >= 4 is 21.6 Å². The molecule has 3 nitrogen and oxygen atoms in total. The second kappa shape index (κ2) is 6.72. The number of anilines is 1. The number of nitrogens with two attached hydrogens (primary N) is 1. The SMILES string of the molecule is COc1ccc(C(CN)Nc2ccccc2Br)cc1F. The molecule has 0 bridgehead atoms. The van der Waals surface area contributed by atoms with E-state index in [1.807, 2.05) is 30.3 Å². The third-order valence-corrected chi connectivity index (χ3v) is 3.71. The summed E-state index contributed by atoms with van der Waals surface area (Å²) in [7, 11) is 1.44. The van der Waals surface area contributed by atoms with Crippen molar-refractivity contribution in [3.05, 3.63) is 58.3 Å². The van der Waals surface area contributed by atoms with E-state index in [2.05, 4.69) is 21.2 Å². The number of hydrogen-bond donors (Lipinski definition) is 2. The van der Waals surface area contributed by atoms with Crippen LogP contribution >= 0.6 is 15.9 Å². The molecular weight excluding hydrogens is 323 g/mol. The van der Waals surface area contributed by atoms with E-state index in [0.717, 1.165) is 15.7 Å². The summed E-state index contributed by atoms with van der Waals surface area (Å²) in [6, 6.07) is 12.4. The number of halogens is 2. The molecule has 2 aromatic rings. The van der Waals surface area contributed by atoms with E-state index in [-0.39, 0.29) is 11.8 Å². The lowest BCUT2D eigenvalue weighted by Gasteiger charge is -2.20. The fourth-order valence-electron chi connectivity index (χ4n) is 1.94. The number of hydrogen-bond acceptors (Lipinski definition) is 3. The van der Waals surface area contributed by atoms with E-state index in [1.165, 1.54) is 13.2 Å². The topological polar surface area (TPSA) is 47.3 Å². The lowest BCUT2D eigenvalue weighted by molar-refractivity contribution is 0.386. The van der Waals surface area contributed by atoms with E-state index in [9.17, 15) is 4.39 Å². The Labute approximate surface area is 126 Å². The molecule has 2 aromatic carbocycles. The van der Waals surface area contributed by atoms with E-state index in [0.29, 0.717) is 6.54 Å². The first-order chi connectivity index (χ1) is 9.65. The minimum Gasteiger partial charge on any atom is -0.494 e. The second-order valence-electron chi connectivity index (χ2n) is 4.31. The van der Waals surface area contributed by atoms with Crippen LogP contribution in [0.25, 0.3) is 0 Å². The largest absolute Gasteiger partial charge is 0.494 e. The Morgan fingerprint density at radius 2 is 2.05 bits per heavy atom. The summed E-state index contributed by atoms with van der Waals surface area (Å²) in [6.45, 7) is 0.354. The molecule has 0 aliphatic carbocycles. The summed E-state index contributed by atoms with van der Waals surface area (Å²) in [6.07, 6.45) is 0.